The Kier molecular flexibility index (Phi) is 7.97. The Morgan fingerprint density at radius 3 is 1.00 bits per heavy atom. The number of hydrogen-bond acceptors (Lipinski definition) is 2. The summed E-state index contributed by atoms with van der Waals surface area (Å²) in [6.45, 7) is 0. The fourth-order valence-corrected chi connectivity index (χ4v) is 2.68. The zero-order chi connectivity index (χ0) is 31.6. The second-order valence-electron chi connectivity index (χ2n) is 7.28. The maximum atomic E-state index is 14.4. The largest absolute Gasteiger partial charge is 0.460 e. The molecule has 2 nitrogen and oxygen atoms in total. The lowest BCUT2D eigenvalue weighted by atomic mass is 9.85. The highest BCUT2D eigenvalue weighted by Crippen LogP contribution is 2.65. The molecule has 1 aromatic rings. The summed E-state index contributed by atoms with van der Waals surface area (Å²) in [6, 6.07) is -2.04. The molecule has 22 heteroatoms. The Morgan fingerprint density at radius 2 is 0.692 bits per heavy atom. The van der Waals surface area contributed by atoms with Crippen molar-refractivity contribution in [2.24, 2.45) is 0 Å². The number of carbonyl (C=O) groups is 2. The molecule has 0 aliphatic heterocycles. The van der Waals surface area contributed by atoms with E-state index in [1.54, 1.807) is 0 Å². The van der Waals surface area contributed by atoms with Crippen LogP contribution < -0.4 is 0 Å². The SMILES string of the molecule is O=Cc1cc(C(F)(F)C(F)(F)C(F)(F)C(F)(F)C(F)(F)C(F)(F)C(F)(F)C(F)(F)F)c(C=O)cc1C(F)(F)F. The fourth-order valence-electron chi connectivity index (χ4n) is 2.68. The van der Waals surface area contributed by atoms with Crippen molar-refractivity contribution in [3.05, 3.63) is 34.4 Å². The summed E-state index contributed by atoms with van der Waals surface area (Å²) < 4.78 is 266. The van der Waals surface area contributed by atoms with Gasteiger partial charge in [-0.3, -0.25) is 9.59 Å². The van der Waals surface area contributed by atoms with Gasteiger partial charge < -0.3 is 0 Å². The maximum Gasteiger partial charge on any atom is 0.460 e. The first-order valence-electron chi connectivity index (χ1n) is 8.73. The third kappa shape index (κ3) is 4.55. The Balaban J connectivity index is 3.98. The number of benzene rings is 1. The first kappa shape index (κ1) is 34.2. The zero-order valence-electron chi connectivity index (χ0n) is 17.2. The highest BCUT2D eigenvalue weighted by Gasteiger charge is 2.95. The number of carbonyl (C=O) groups excluding carboxylic acids is 2. The van der Waals surface area contributed by atoms with Gasteiger partial charge in [0.1, 0.15) is 0 Å². The summed E-state index contributed by atoms with van der Waals surface area (Å²) >= 11 is 0. The van der Waals surface area contributed by atoms with Crippen molar-refractivity contribution in [3.8, 4) is 0 Å². The summed E-state index contributed by atoms with van der Waals surface area (Å²) in [5.74, 6) is -59.3. The van der Waals surface area contributed by atoms with E-state index in [0.717, 1.165) is 0 Å². The molecule has 1 aromatic carbocycles. The lowest BCUT2D eigenvalue weighted by Gasteiger charge is -2.43. The minimum absolute atomic E-state index is 0.904. The lowest BCUT2D eigenvalue weighted by molar-refractivity contribution is -0.462. The first-order valence-corrected chi connectivity index (χ1v) is 8.73. The Labute approximate surface area is 199 Å². The summed E-state index contributed by atoms with van der Waals surface area (Å²) in [6.07, 6.45) is -16.1. The van der Waals surface area contributed by atoms with Crippen molar-refractivity contribution in [3.63, 3.8) is 0 Å². The van der Waals surface area contributed by atoms with Crippen LogP contribution in [0.2, 0.25) is 0 Å². The highest BCUT2D eigenvalue weighted by atomic mass is 19.4. The molecule has 0 radical (unpaired) electrons. The van der Waals surface area contributed by atoms with E-state index in [4.69, 9.17) is 0 Å². The molecule has 0 N–H and O–H groups in total. The van der Waals surface area contributed by atoms with Gasteiger partial charge in [-0.2, -0.15) is 87.8 Å². The van der Waals surface area contributed by atoms with Crippen LogP contribution in [0.25, 0.3) is 0 Å². The van der Waals surface area contributed by atoms with E-state index in [1.165, 1.54) is 0 Å². The van der Waals surface area contributed by atoms with Crippen molar-refractivity contribution in [2.45, 2.75) is 53.8 Å². The molecule has 39 heavy (non-hydrogen) atoms. The highest BCUT2D eigenvalue weighted by molar-refractivity contribution is 5.84. The van der Waals surface area contributed by atoms with Crippen molar-refractivity contribution in [2.75, 3.05) is 0 Å². The van der Waals surface area contributed by atoms with Gasteiger partial charge in [-0.1, -0.05) is 0 Å². The second kappa shape index (κ2) is 9.10. The van der Waals surface area contributed by atoms with Gasteiger partial charge in [-0.25, -0.2) is 0 Å². The van der Waals surface area contributed by atoms with E-state index >= 15 is 0 Å². The quantitative estimate of drug-likeness (QED) is 0.209. The topological polar surface area (TPSA) is 34.1 Å². The zero-order valence-corrected chi connectivity index (χ0v) is 17.2. The molecule has 0 fully saturated rings. The third-order valence-corrected chi connectivity index (χ3v) is 4.84. The summed E-state index contributed by atoms with van der Waals surface area (Å²) in [7, 11) is 0. The monoisotopic (exact) mass is 620 g/mol. The Morgan fingerprint density at radius 1 is 0.410 bits per heavy atom. The standard InChI is InChI=1S/C17H4F20O2/c18-9(19,7-1-6(4-39)8(10(20,21)22)2-5(7)3-38)11(23,24)12(25,26)13(27,28)14(29,30)15(31,32)16(33,34)17(35,36)37/h1-4H. The smallest absolute Gasteiger partial charge is 0.298 e. The Bertz CT molecular complexity index is 1110. The van der Waals surface area contributed by atoms with Crippen LogP contribution in [0.5, 0.6) is 0 Å². The van der Waals surface area contributed by atoms with Crippen LogP contribution in [0.3, 0.4) is 0 Å². The summed E-state index contributed by atoms with van der Waals surface area (Å²) in [4.78, 5) is 21.6. The minimum atomic E-state index is -8.92. The van der Waals surface area contributed by atoms with Crippen molar-refractivity contribution in [1.82, 2.24) is 0 Å². The number of alkyl halides is 20. The van der Waals surface area contributed by atoms with Crippen LogP contribution in [0.1, 0.15) is 31.8 Å². The van der Waals surface area contributed by atoms with Gasteiger partial charge in [0.15, 0.2) is 12.6 Å². The van der Waals surface area contributed by atoms with E-state index in [2.05, 4.69) is 0 Å². The van der Waals surface area contributed by atoms with Crippen molar-refractivity contribution in [1.29, 1.82) is 0 Å². The fraction of sp³-hybridized carbons (Fsp3) is 0.529. The van der Waals surface area contributed by atoms with E-state index < -0.39 is 101 Å². The van der Waals surface area contributed by atoms with Gasteiger partial charge in [-0.05, 0) is 12.1 Å². The van der Waals surface area contributed by atoms with E-state index in [1.807, 2.05) is 0 Å². The molecule has 0 bridgehead atoms. The molecule has 0 aromatic heterocycles. The van der Waals surface area contributed by atoms with Gasteiger partial charge in [-0.15, -0.1) is 0 Å². The third-order valence-electron chi connectivity index (χ3n) is 4.84. The molecule has 0 aliphatic carbocycles. The van der Waals surface area contributed by atoms with Crippen LogP contribution in [0.4, 0.5) is 87.8 Å². The number of hydrogen-bond donors (Lipinski definition) is 0. The molecule has 0 atom stereocenters. The van der Waals surface area contributed by atoms with E-state index in [-0.39, 0.29) is 0 Å². The lowest BCUT2D eigenvalue weighted by Crippen LogP contribution is -2.74. The number of halogens is 20. The Hall–Kier alpha value is -2.84. The summed E-state index contributed by atoms with van der Waals surface area (Å²) in [5, 5.41) is 0. The molecular formula is C17H4F20O2. The van der Waals surface area contributed by atoms with Gasteiger partial charge in [0.05, 0.1) is 5.56 Å². The first-order chi connectivity index (χ1) is 16.9. The molecule has 0 saturated carbocycles. The normalized spacial score (nSPS) is 15.4. The van der Waals surface area contributed by atoms with E-state index in [0.29, 0.717) is 0 Å². The van der Waals surface area contributed by atoms with Crippen LogP contribution >= 0.6 is 0 Å². The molecule has 224 valence electrons. The van der Waals surface area contributed by atoms with Crippen molar-refractivity contribution >= 4 is 12.6 Å². The van der Waals surface area contributed by atoms with Crippen LogP contribution in [0.15, 0.2) is 12.1 Å². The second-order valence-corrected chi connectivity index (χ2v) is 7.28. The molecule has 1 rings (SSSR count). The maximum absolute atomic E-state index is 14.4. The van der Waals surface area contributed by atoms with Gasteiger partial charge >= 0.3 is 53.8 Å². The molecule has 0 heterocycles. The van der Waals surface area contributed by atoms with Crippen LogP contribution in [-0.4, -0.2) is 54.3 Å². The average Bonchev–Trinajstić information content (AvgIpc) is 2.75. The number of aldehydes is 2. The molecular weight excluding hydrogens is 616 g/mol. The predicted molar refractivity (Wildman–Crippen MR) is 81.8 cm³/mol. The van der Waals surface area contributed by atoms with Gasteiger partial charge in [0.2, 0.25) is 0 Å². The number of rotatable bonds is 9. The van der Waals surface area contributed by atoms with Gasteiger partial charge in [0, 0.05) is 16.7 Å². The summed E-state index contributed by atoms with van der Waals surface area (Å²) in [5.41, 5.74) is -10.2. The molecule has 0 amide bonds. The van der Waals surface area contributed by atoms with Crippen LogP contribution in [0, 0.1) is 0 Å². The average molecular weight is 620 g/mol. The molecule has 0 saturated heterocycles. The molecule has 0 spiro atoms. The molecule has 0 aliphatic rings. The van der Waals surface area contributed by atoms with Gasteiger partial charge in [0.25, 0.3) is 0 Å². The predicted octanol–water partition coefficient (Wildman–Crippen LogP) is 7.80. The van der Waals surface area contributed by atoms with Crippen LogP contribution in [-0.2, 0) is 12.1 Å². The van der Waals surface area contributed by atoms with E-state index in [9.17, 15) is 97.4 Å². The minimum Gasteiger partial charge on any atom is -0.298 e. The van der Waals surface area contributed by atoms with Crippen molar-refractivity contribution < 1.29 is 97.4 Å². The molecule has 0 unspecified atom stereocenters.